The van der Waals surface area contributed by atoms with Crippen molar-refractivity contribution in [1.29, 1.82) is 0 Å². The molecule has 90 valence electrons. The molecule has 0 saturated carbocycles. The Kier molecular flexibility index (Phi) is 5.29. The van der Waals surface area contributed by atoms with Crippen LogP contribution < -0.4 is 0 Å². The molecule has 0 spiro atoms. The van der Waals surface area contributed by atoms with E-state index in [0.29, 0.717) is 0 Å². The lowest BCUT2D eigenvalue weighted by Crippen LogP contribution is -2.36. The van der Waals surface area contributed by atoms with E-state index in [1.807, 2.05) is 34.6 Å². The van der Waals surface area contributed by atoms with Gasteiger partial charge in [-0.25, -0.2) is 0 Å². The summed E-state index contributed by atoms with van der Waals surface area (Å²) in [5, 5.41) is 9.85. The molecule has 1 N–H and O–H groups in total. The van der Waals surface area contributed by atoms with E-state index >= 15 is 0 Å². The minimum absolute atomic E-state index is 0.118. The molecule has 0 heterocycles. The van der Waals surface area contributed by atoms with Crippen LogP contribution in [0.25, 0.3) is 0 Å². The molecular weight excluding hydrogens is 192 g/mol. The van der Waals surface area contributed by atoms with E-state index in [0.717, 1.165) is 6.42 Å². The first-order valence-corrected chi connectivity index (χ1v) is 5.60. The van der Waals surface area contributed by atoms with Crippen molar-refractivity contribution in [2.75, 3.05) is 0 Å². The van der Waals surface area contributed by atoms with Crippen molar-refractivity contribution in [1.82, 2.24) is 0 Å². The first-order valence-electron chi connectivity index (χ1n) is 5.60. The maximum atomic E-state index is 11.6. The summed E-state index contributed by atoms with van der Waals surface area (Å²) in [6.07, 6.45) is 0.235. The topological polar surface area (TPSA) is 46.5 Å². The Morgan fingerprint density at radius 2 is 1.80 bits per heavy atom. The van der Waals surface area contributed by atoms with E-state index in [1.165, 1.54) is 0 Å². The van der Waals surface area contributed by atoms with E-state index < -0.39 is 17.6 Å². The van der Waals surface area contributed by atoms with Crippen LogP contribution in [0.1, 0.15) is 48.0 Å². The number of hydrogen-bond acceptors (Lipinski definition) is 3. The molecule has 3 unspecified atom stereocenters. The predicted octanol–water partition coefficient (Wildman–Crippen LogP) is 2.37. The maximum absolute atomic E-state index is 11.6. The Morgan fingerprint density at radius 1 is 1.33 bits per heavy atom. The summed E-state index contributed by atoms with van der Waals surface area (Å²) in [5.74, 6) is -0.665. The smallest absolute Gasteiger partial charge is 0.311 e. The molecule has 0 aliphatic rings. The molecule has 3 heteroatoms. The standard InChI is InChI=1S/C12H24O3/c1-7-8(2)10(13)9(3)11(14)15-12(4,5)6/h8-10,13H,7H2,1-6H3. The number of rotatable bonds is 4. The zero-order chi connectivity index (χ0) is 12.2. The molecule has 0 aliphatic heterocycles. The lowest BCUT2D eigenvalue weighted by Gasteiger charge is -2.26. The highest BCUT2D eigenvalue weighted by Crippen LogP contribution is 2.19. The van der Waals surface area contributed by atoms with E-state index in [-0.39, 0.29) is 11.9 Å². The highest BCUT2D eigenvalue weighted by atomic mass is 16.6. The lowest BCUT2D eigenvalue weighted by molar-refractivity contribution is -0.164. The van der Waals surface area contributed by atoms with Crippen molar-refractivity contribution >= 4 is 5.97 Å². The van der Waals surface area contributed by atoms with Crippen LogP contribution in [0.5, 0.6) is 0 Å². The van der Waals surface area contributed by atoms with Crippen molar-refractivity contribution in [3.05, 3.63) is 0 Å². The van der Waals surface area contributed by atoms with Gasteiger partial charge in [0, 0.05) is 0 Å². The van der Waals surface area contributed by atoms with Gasteiger partial charge in [-0.1, -0.05) is 20.3 Å². The van der Waals surface area contributed by atoms with E-state index in [4.69, 9.17) is 4.74 Å². The quantitative estimate of drug-likeness (QED) is 0.734. The summed E-state index contributed by atoms with van der Waals surface area (Å²) in [5.41, 5.74) is -0.486. The second-order valence-electron chi connectivity index (χ2n) is 5.20. The summed E-state index contributed by atoms with van der Waals surface area (Å²) in [7, 11) is 0. The molecule has 0 radical (unpaired) electrons. The molecule has 3 atom stereocenters. The zero-order valence-corrected chi connectivity index (χ0v) is 10.7. The number of hydrogen-bond donors (Lipinski definition) is 1. The molecule has 0 aromatic rings. The molecule has 0 bridgehead atoms. The Labute approximate surface area is 92.8 Å². The minimum Gasteiger partial charge on any atom is -0.460 e. The summed E-state index contributed by atoms with van der Waals surface area (Å²) in [6.45, 7) is 11.1. The predicted molar refractivity (Wildman–Crippen MR) is 60.5 cm³/mol. The average molecular weight is 216 g/mol. The number of ether oxygens (including phenoxy) is 1. The fourth-order valence-electron chi connectivity index (χ4n) is 1.27. The van der Waals surface area contributed by atoms with Crippen LogP contribution in [0.15, 0.2) is 0 Å². The fraction of sp³-hybridized carbons (Fsp3) is 0.917. The number of carbonyl (C=O) groups excluding carboxylic acids is 1. The number of carbonyl (C=O) groups is 1. The van der Waals surface area contributed by atoms with Crippen LogP contribution in [0.4, 0.5) is 0 Å². The Morgan fingerprint density at radius 3 is 2.13 bits per heavy atom. The summed E-state index contributed by atoms with van der Waals surface area (Å²) < 4.78 is 5.22. The van der Waals surface area contributed by atoms with Gasteiger partial charge in [0.05, 0.1) is 12.0 Å². The third-order valence-corrected chi connectivity index (χ3v) is 2.52. The van der Waals surface area contributed by atoms with Gasteiger partial charge in [-0.2, -0.15) is 0 Å². The molecular formula is C12H24O3. The molecule has 0 amide bonds. The summed E-state index contributed by atoms with van der Waals surface area (Å²) >= 11 is 0. The van der Waals surface area contributed by atoms with Gasteiger partial charge in [0.1, 0.15) is 5.60 Å². The van der Waals surface area contributed by atoms with Crippen molar-refractivity contribution < 1.29 is 14.6 Å². The number of aliphatic hydroxyl groups is 1. The lowest BCUT2D eigenvalue weighted by atomic mass is 9.91. The first kappa shape index (κ1) is 14.4. The van der Waals surface area contributed by atoms with Crippen molar-refractivity contribution in [3.8, 4) is 0 Å². The molecule has 0 saturated heterocycles. The van der Waals surface area contributed by atoms with Crippen LogP contribution in [0, 0.1) is 11.8 Å². The van der Waals surface area contributed by atoms with Gasteiger partial charge in [-0.15, -0.1) is 0 Å². The second-order valence-corrected chi connectivity index (χ2v) is 5.20. The third-order valence-electron chi connectivity index (χ3n) is 2.52. The largest absolute Gasteiger partial charge is 0.460 e. The monoisotopic (exact) mass is 216 g/mol. The van der Waals surface area contributed by atoms with Crippen molar-refractivity contribution in [2.45, 2.75) is 59.7 Å². The SMILES string of the molecule is CCC(C)C(O)C(C)C(=O)OC(C)(C)C. The molecule has 0 fully saturated rings. The minimum atomic E-state index is -0.621. The maximum Gasteiger partial charge on any atom is 0.311 e. The van der Waals surface area contributed by atoms with Gasteiger partial charge in [0.2, 0.25) is 0 Å². The highest BCUT2D eigenvalue weighted by molar-refractivity contribution is 5.73. The Balaban J connectivity index is 4.32. The van der Waals surface area contributed by atoms with Gasteiger partial charge in [-0.3, -0.25) is 4.79 Å². The summed E-state index contributed by atoms with van der Waals surface area (Å²) in [4.78, 5) is 11.6. The second kappa shape index (κ2) is 5.50. The van der Waals surface area contributed by atoms with Crippen LogP contribution in [0.2, 0.25) is 0 Å². The molecule has 0 aromatic carbocycles. The number of esters is 1. The van der Waals surface area contributed by atoms with Gasteiger partial charge in [0.15, 0.2) is 0 Å². The van der Waals surface area contributed by atoms with E-state index in [9.17, 15) is 9.90 Å². The van der Waals surface area contributed by atoms with Gasteiger partial charge in [-0.05, 0) is 33.6 Å². The van der Waals surface area contributed by atoms with Crippen molar-refractivity contribution in [2.24, 2.45) is 11.8 Å². The zero-order valence-electron chi connectivity index (χ0n) is 10.7. The van der Waals surface area contributed by atoms with Gasteiger partial charge < -0.3 is 9.84 Å². The van der Waals surface area contributed by atoms with Crippen LogP contribution in [0.3, 0.4) is 0 Å². The van der Waals surface area contributed by atoms with Crippen LogP contribution >= 0.6 is 0 Å². The Hall–Kier alpha value is -0.570. The molecule has 15 heavy (non-hydrogen) atoms. The highest BCUT2D eigenvalue weighted by Gasteiger charge is 2.29. The molecule has 0 rings (SSSR count). The van der Waals surface area contributed by atoms with Crippen LogP contribution in [-0.2, 0) is 9.53 Å². The molecule has 3 nitrogen and oxygen atoms in total. The molecule has 0 aromatic heterocycles. The van der Waals surface area contributed by atoms with Gasteiger partial charge in [0.25, 0.3) is 0 Å². The number of aliphatic hydroxyl groups excluding tert-OH is 1. The van der Waals surface area contributed by atoms with E-state index in [2.05, 4.69) is 0 Å². The normalized spacial score (nSPS) is 18.1. The fourth-order valence-corrected chi connectivity index (χ4v) is 1.27. The van der Waals surface area contributed by atoms with E-state index in [1.54, 1.807) is 6.92 Å². The first-order chi connectivity index (χ1) is 6.69. The molecule has 0 aliphatic carbocycles. The third kappa shape index (κ3) is 5.17. The van der Waals surface area contributed by atoms with Crippen LogP contribution in [-0.4, -0.2) is 22.8 Å². The summed E-state index contributed by atoms with van der Waals surface area (Å²) in [6, 6.07) is 0. The van der Waals surface area contributed by atoms with Crippen molar-refractivity contribution in [3.63, 3.8) is 0 Å². The Bertz CT molecular complexity index is 205. The average Bonchev–Trinajstić information content (AvgIpc) is 2.11. The van der Waals surface area contributed by atoms with Gasteiger partial charge >= 0.3 is 5.97 Å².